The molecule has 2 heterocycles. The smallest absolute Gasteiger partial charge is 0.144 e. The van der Waals surface area contributed by atoms with Gasteiger partial charge in [0.25, 0.3) is 0 Å². The Labute approximate surface area is 109 Å². The fourth-order valence-electron chi connectivity index (χ4n) is 1.81. The lowest BCUT2D eigenvalue weighted by Gasteiger charge is -2.07. The molecule has 0 radical (unpaired) electrons. The second-order valence-electron chi connectivity index (χ2n) is 3.84. The van der Waals surface area contributed by atoms with E-state index >= 15 is 0 Å². The minimum Gasteiger partial charge on any atom is -0.316 e. The number of hydrogen-bond donors (Lipinski definition) is 1. The molecule has 2 rings (SSSR count). The van der Waals surface area contributed by atoms with Crippen LogP contribution in [0.2, 0.25) is 0 Å². The predicted molar refractivity (Wildman–Crippen MR) is 68.5 cm³/mol. The predicted octanol–water partition coefficient (Wildman–Crippen LogP) is 1.09. The van der Waals surface area contributed by atoms with Gasteiger partial charge in [-0.15, -0.1) is 12.4 Å². The largest absolute Gasteiger partial charge is 0.316 e. The molecule has 6 heteroatoms. The molecule has 4 nitrogen and oxygen atoms in total. The van der Waals surface area contributed by atoms with Crippen LogP contribution in [-0.2, 0) is 10.8 Å². The molecule has 0 bridgehead atoms. The van der Waals surface area contributed by atoms with Gasteiger partial charge in [-0.3, -0.25) is 4.21 Å². The summed E-state index contributed by atoms with van der Waals surface area (Å²) >= 11 is 0. The Kier molecular flexibility index (Phi) is 5.56. The molecule has 0 aromatic carbocycles. The van der Waals surface area contributed by atoms with Crippen LogP contribution in [0.15, 0.2) is 23.4 Å². The maximum absolute atomic E-state index is 12.1. The van der Waals surface area contributed by atoms with Crippen molar-refractivity contribution in [3.8, 4) is 6.07 Å². The van der Waals surface area contributed by atoms with Gasteiger partial charge in [-0.2, -0.15) is 5.26 Å². The molecule has 0 saturated carbocycles. The Morgan fingerprint density at radius 3 is 3.12 bits per heavy atom. The number of rotatable bonds is 3. The molecule has 1 saturated heterocycles. The normalized spacial score (nSPS) is 20.3. The van der Waals surface area contributed by atoms with Crippen LogP contribution in [0.4, 0.5) is 0 Å². The summed E-state index contributed by atoms with van der Waals surface area (Å²) in [5.74, 6) is 1.04. The Morgan fingerprint density at radius 1 is 1.65 bits per heavy atom. The van der Waals surface area contributed by atoms with E-state index < -0.39 is 10.8 Å². The number of nitrogens with one attached hydrogen (secondary N) is 1. The summed E-state index contributed by atoms with van der Waals surface area (Å²) in [4.78, 5) is 4.05. The molecule has 1 aromatic rings. The van der Waals surface area contributed by atoms with Crippen LogP contribution in [0.1, 0.15) is 12.0 Å². The Balaban J connectivity index is 0.00000144. The van der Waals surface area contributed by atoms with Gasteiger partial charge >= 0.3 is 0 Å². The van der Waals surface area contributed by atoms with Crippen molar-refractivity contribution in [1.82, 2.24) is 10.3 Å². The molecule has 0 aliphatic carbocycles. The van der Waals surface area contributed by atoms with E-state index in [1.165, 1.54) is 0 Å². The van der Waals surface area contributed by atoms with Gasteiger partial charge in [0.15, 0.2) is 0 Å². The summed E-state index contributed by atoms with van der Waals surface area (Å²) in [7, 11) is -1.16. The highest BCUT2D eigenvalue weighted by molar-refractivity contribution is 7.85. The first-order valence-electron chi connectivity index (χ1n) is 5.25. The lowest BCUT2D eigenvalue weighted by Crippen LogP contribution is -2.16. The standard InChI is InChI=1S/C11H13N3OS.ClH/c12-6-10-2-1-4-14-11(10)16(15)8-9-3-5-13-7-9;/h1-2,4,9,13H,3,5,7-8H2;1H. The van der Waals surface area contributed by atoms with Gasteiger partial charge in [-0.05, 0) is 37.6 Å². The van der Waals surface area contributed by atoms with Crippen LogP contribution < -0.4 is 5.32 Å². The zero-order valence-corrected chi connectivity index (χ0v) is 10.9. The fourth-order valence-corrected chi connectivity index (χ4v) is 3.21. The van der Waals surface area contributed by atoms with E-state index in [1.54, 1.807) is 18.3 Å². The summed E-state index contributed by atoms with van der Waals surface area (Å²) in [6, 6.07) is 5.38. The maximum atomic E-state index is 12.1. The SMILES string of the molecule is Cl.N#Cc1cccnc1S(=O)CC1CCNC1. The van der Waals surface area contributed by atoms with Crippen molar-refractivity contribution in [2.45, 2.75) is 11.4 Å². The van der Waals surface area contributed by atoms with Crippen LogP contribution in [0.25, 0.3) is 0 Å². The monoisotopic (exact) mass is 271 g/mol. The molecule has 1 aromatic heterocycles. The van der Waals surface area contributed by atoms with E-state index in [4.69, 9.17) is 5.26 Å². The van der Waals surface area contributed by atoms with Crippen molar-refractivity contribution < 1.29 is 4.21 Å². The first-order chi connectivity index (χ1) is 7.81. The second-order valence-corrected chi connectivity index (χ2v) is 5.25. The maximum Gasteiger partial charge on any atom is 0.144 e. The van der Waals surface area contributed by atoms with Gasteiger partial charge in [-0.25, -0.2) is 4.98 Å². The average molecular weight is 272 g/mol. The van der Waals surface area contributed by atoms with E-state index in [1.807, 2.05) is 6.07 Å². The van der Waals surface area contributed by atoms with Crippen molar-refractivity contribution in [1.29, 1.82) is 5.26 Å². The number of pyridine rings is 1. The lowest BCUT2D eigenvalue weighted by atomic mass is 10.2. The molecule has 92 valence electrons. The number of nitriles is 1. The molecule has 0 amide bonds. The summed E-state index contributed by atoms with van der Waals surface area (Å²) in [5, 5.41) is 12.6. The summed E-state index contributed by atoms with van der Waals surface area (Å²) in [5.41, 5.74) is 0.423. The van der Waals surface area contributed by atoms with Crippen molar-refractivity contribution in [2.24, 2.45) is 5.92 Å². The average Bonchev–Trinajstić information content (AvgIpc) is 2.81. The van der Waals surface area contributed by atoms with Crippen LogP contribution in [-0.4, -0.2) is 28.0 Å². The number of aromatic nitrogens is 1. The van der Waals surface area contributed by atoms with E-state index in [-0.39, 0.29) is 12.4 Å². The van der Waals surface area contributed by atoms with Crippen molar-refractivity contribution >= 4 is 23.2 Å². The van der Waals surface area contributed by atoms with Crippen LogP contribution in [0.3, 0.4) is 0 Å². The van der Waals surface area contributed by atoms with E-state index in [0.717, 1.165) is 19.5 Å². The molecule has 2 atom stereocenters. The highest BCUT2D eigenvalue weighted by atomic mass is 35.5. The highest BCUT2D eigenvalue weighted by Crippen LogP contribution is 2.15. The third kappa shape index (κ3) is 3.50. The van der Waals surface area contributed by atoms with E-state index in [2.05, 4.69) is 10.3 Å². The van der Waals surface area contributed by atoms with Crippen LogP contribution in [0.5, 0.6) is 0 Å². The summed E-state index contributed by atoms with van der Waals surface area (Å²) in [6.07, 6.45) is 2.64. The summed E-state index contributed by atoms with van der Waals surface area (Å²) < 4.78 is 12.1. The van der Waals surface area contributed by atoms with Crippen molar-refractivity contribution in [3.63, 3.8) is 0 Å². The van der Waals surface area contributed by atoms with Gasteiger partial charge in [0, 0.05) is 11.9 Å². The number of hydrogen-bond acceptors (Lipinski definition) is 4. The summed E-state index contributed by atoms with van der Waals surface area (Å²) in [6.45, 7) is 1.91. The third-order valence-corrected chi connectivity index (χ3v) is 4.19. The van der Waals surface area contributed by atoms with Crippen molar-refractivity contribution in [3.05, 3.63) is 23.9 Å². The molecule has 0 spiro atoms. The Hall–Kier alpha value is -0.960. The number of nitrogens with zero attached hydrogens (tertiary/aromatic N) is 2. The Morgan fingerprint density at radius 2 is 2.47 bits per heavy atom. The highest BCUT2D eigenvalue weighted by Gasteiger charge is 2.20. The molecule has 17 heavy (non-hydrogen) atoms. The minimum atomic E-state index is -1.16. The molecule has 1 aliphatic heterocycles. The van der Waals surface area contributed by atoms with E-state index in [0.29, 0.717) is 22.3 Å². The lowest BCUT2D eigenvalue weighted by molar-refractivity contribution is 0.630. The first kappa shape index (κ1) is 14.1. The molecular weight excluding hydrogens is 258 g/mol. The first-order valence-corrected chi connectivity index (χ1v) is 6.57. The Bertz CT molecular complexity index is 441. The van der Waals surface area contributed by atoms with Gasteiger partial charge < -0.3 is 5.32 Å². The van der Waals surface area contributed by atoms with Gasteiger partial charge in [0.1, 0.15) is 11.1 Å². The van der Waals surface area contributed by atoms with Gasteiger partial charge in [-0.1, -0.05) is 0 Å². The minimum absolute atomic E-state index is 0. The third-order valence-electron chi connectivity index (χ3n) is 2.66. The van der Waals surface area contributed by atoms with E-state index in [9.17, 15) is 4.21 Å². The number of halogens is 1. The van der Waals surface area contributed by atoms with Crippen LogP contribution >= 0.6 is 12.4 Å². The zero-order chi connectivity index (χ0) is 11.4. The van der Waals surface area contributed by atoms with Gasteiger partial charge in [0.2, 0.25) is 0 Å². The van der Waals surface area contributed by atoms with Crippen LogP contribution in [0, 0.1) is 17.2 Å². The zero-order valence-electron chi connectivity index (χ0n) is 9.26. The molecule has 1 aliphatic rings. The molecule has 1 fully saturated rings. The topological polar surface area (TPSA) is 65.8 Å². The fraction of sp³-hybridized carbons (Fsp3) is 0.455. The molecule has 2 unspecified atom stereocenters. The molecular formula is C11H14ClN3OS. The van der Waals surface area contributed by atoms with Crippen molar-refractivity contribution in [2.75, 3.05) is 18.8 Å². The quantitative estimate of drug-likeness (QED) is 0.894. The second kappa shape index (κ2) is 6.70. The van der Waals surface area contributed by atoms with Gasteiger partial charge in [0.05, 0.1) is 16.4 Å². The molecule has 1 N–H and O–H groups in total.